The minimum Gasteiger partial charge on any atom is -0.302 e. The van der Waals surface area contributed by atoms with Crippen LogP contribution in [0.4, 0.5) is 0 Å². The molecule has 3 nitrogen and oxygen atoms in total. The zero-order chi connectivity index (χ0) is 12.3. The molecule has 0 aliphatic carbocycles. The SMILES string of the molecule is CC(NC(C)c1ccnn1C)c1ccccc1. The lowest BCUT2D eigenvalue weighted by atomic mass is 10.1. The molecule has 0 radical (unpaired) electrons. The van der Waals surface area contributed by atoms with Gasteiger partial charge in [0, 0.05) is 25.3 Å². The standard InChI is InChI=1S/C14H19N3/c1-11(13-7-5-4-6-8-13)16-12(2)14-9-10-15-17(14)3/h4-12,16H,1-3H3. The van der Waals surface area contributed by atoms with Crippen molar-refractivity contribution in [3.63, 3.8) is 0 Å². The van der Waals surface area contributed by atoms with E-state index in [4.69, 9.17) is 0 Å². The molecule has 0 fully saturated rings. The smallest absolute Gasteiger partial charge is 0.0547 e. The maximum atomic E-state index is 4.19. The lowest BCUT2D eigenvalue weighted by Crippen LogP contribution is -2.24. The average Bonchev–Trinajstić information content (AvgIpc) is 2.76. The fourth-order valence-electron chi connectivity index (χ4n) is 2.11. The fourth-order valence-corrected chi connectivity index (χ4v) is 2.11. The first-order valence-electron chi connectivity index (χ1n) is 5.97. The topological polar surface area (TPSA) is 29.9 Å². The van der Waals surface area contributed by atoms with Crippen molar-refractivity contribution in [1.82, 2.24) is 15.1 Å². The molecule has 0 saturated heterocycles. The van der Waals surface area contributed by atoms with E-state index in [9.17, 15) is 0 Å². The van der Waals surface area contributed by atoms with Crippen LogP contribution >= 0.6 is 0 Å². The van der Waals surface area contributed by atoms with Crippen molar-refractivity contribution >= 4 is 0 Å². The van der Waals surface area contributed by atoms with E-state index in [0.29, 0.717) is 6.04 Å². The summed E-state index contributed by atoms with van der Waals surface area (Å²) in [5, 5.41) is 7.77. The van der Waals surface area contributed by atoms with Gasteiger partial charge in [-0.3, -0.25) is 4.68 Å². The summed E-state index contributed by atoms with van der Waals surface area (Å²) < 4.78 is 1.91. The quantitative estimate of drug-likeness (QED) is 0.873. The molecule has 0 saturated carbocycles. The van der Waals surface area contributed by atoms with Gasteiger partial charge in [-0.15, -0.1) is 0 Å². The molecule has 1 aromatic heterocycles. The van der Waals surface area contributed by atoms with Gasteiger partial charge in [-0.05, 0) is 25.5 Å². The van der Waals surface area contributed by atoms with Gasteiger partial charge >= 0.3 is 0 Å². The molecule has 2 rings (SSSR count). The summed E-state index contributed by atoms with van der Waals surface area (Å²) >= 11 is 0. The number of hydrogen-bond donors (Lipinski definition) is 1. The van der Waals surface area contributed by atoms with E-state index in [1.165, 1.54) is 11.3 Å². The molecule has 90 valence electrons. The van der Waals surface area contributed by atoms with E-state index in [-0.39, 0.29) is 6.04 Å². The van der Waals surface area contributed by atoms with Crippen molar-refractivity contribution in [3.05, 3.63) is 53.9 Å². The lowest BCUT2D eigenvalue weighted by molar-refractivity contribution is 0.469. The predicted octanol–water partition coefficient (Wildman–Crippen LogP) is 2.83. The van der Waals surface area contributed by atoms with Gasteiger partial charge in [0.15, 0.2) is 0 Å². The summed E-state index contributed by atoms with van der Waals surface area (Å²) in [5.74, 6) is 0. The first-order valence-corrected chi connectivity index (χ1v) is 5.97. The molecule has 2 aromatic rings. The molecule has 2 atom stereocenters. The highest BCUT2D eigenvalue weighted by Crippen LogP contribution is 2.18. The van der Waals surface area contributed by atoms with E-state index >= 15 is 0 Å². The van der Waals surface area contributed by atoms with Crippen LogP contribution in [0.5, 0.6) is 0 Å². The van der Waals surface area contributed by atoms with Gasteiger partial charge in [0.05, 0.1) is 5.69 Å². The summed E-state index contributed by atoms with van der Waals surface area (Å²) in [5.41, 5.74) is 2.51. The molecule has 2 unspecified atom stereocenters. The minimum atomic E-state index is 0.290. The van der Waals surface area contributed by atoms with Crippen LogP contribution in [-0.4, -0.2) is 9.78 Å². The zero-order valence-electron chi connectivity index (χ0n) is 10.6. The molecule has 1 heterocycles. The largest absolute Gasteiger partial charge is 0.302 e. The van der Waals surface area contributed by atoms with Crippen molar-refractivity contribution in [3.8, 4) is 0 Å². The Labute approximate surface area is 102 Å². The average molecular weight is 229 g/mol. The van der Waals surface area contributed by atoms with Gasteiger partial charge in [0.25, 0.3) is 0 Å². The van der Waals surface area contributed by atoms with Gasteiger partial charge < -0.3 is 5.32 Å². The zero-order valence-corrected chi connectivity index (χ0v) is 10.6. The van der Waals surface area contributed by atoms with Gasteiger partial charge in [-0.1, -0.05) is 30.3 Å². The second kappa shape index (κ2) is 5.15. The maximum absolute atomic E-state index is 4.19. The third kappa shape index (κ3) is 2.74. The van der Waals surface area contributed by atoms with Crippen LogP contribution in [0.2, 0.25) is 0 Å². The minimum absolute atomic E-state index is 0.290. The van der Waals surface area contributed by atoms with E-state index in [0.717, 1.165) is 0 Å². The number of hydrogen-bond acceptors (Lipinski definition) is 2. The summed E-state index contributed by atoms with van der Waals surface area (Å²) in [6.07, 6.45) is 1.83. The first kappa shape index (κ1) is 11.9. The molecule has 0 amide bonds. The first-order chi connectivity index (χ1) is 8.18. The van der Waals surface area contributed by atoms with Crippen molar-refractivity contribution in [1.29, 1.82) is 0 Å². The molecular weight excluding hydrogens is 210 g/mol. The number of benzene rings is 1. The van der Waals surface area contributed by atoms with Crippen LogP contribution in [0, 0.1) is 0 Å². The number of aryl methyl sites for hydroxylation is 1. The van der Waals surface area contributed by atoms with Crippen LogP contribution in [0.1, 0.15) is 37.2 Å². The molecule has 0 bridgehead atoms. The number of rotatable bonds is 4. The summed E-state index contributed by atoms with van der Waals surface area (Å²) in [6.45, 7) is 4.35. The van der Waals surface area contributed by atoms with Crippen LogP contribution in [0.15, 0.2) is 42.6 Å². The second-order valence-electron chi connectivity index (χ2n) is 4.40. The summed E-state index contributed by atoms with van der Waals surface area (Å²) in [4.78, 5) is 0. The third-order valence-corrected chi connectivity index (χ3v) is 3.10. The molecule has 0 aliphatic heterocycles. The molecule has 0 aliphatic rings. The van der Waals surface area contributed by atoms with E-state index in [1.54, 1.807) is 0 Å². The summed E-state index contributed by atoms with van der Waals surface area (Å²) in [7, 11) is 1.97. The molecule has 1 N–H and O–H groups in total. The number of nitrogens with zero attached hydrogens (tertiary/aromatic N) is 2. The molecule has 0 spiro atoms. The van der Waals surface area contributed by atoms with Crippen molar-refractivity contribution in [2.45, 2.75) is 25.9 Å². The van der Waals surface area contributed by atoms with Crippen molar-refractivity contribution in [2.24, 2.45) is 7.05 Å². The Morgan fingerprint density at radius 1 is 1.06 bits per heavy atom. The van der Waals surface area contributed by atoms with Gasteiger partial charge in [0.2, 0.25) is 0 Å². The van der Waals surface area contributed by atoms with Gasteiger partial charge in [-0.2, -0.15) is 5.10 Å². The van der Waals surface area contributed by atoms with E-state index in [1.807, 2.05) is 24.0 Å². The van der Waals surface area contributed by atoms with Gasteiger partial charge in [-0.25, -0.2) is 0 Å². The molecular formula is C14H19N3. The Kier molecular flexibility index (Phi) is 3.59. The van der Waals surface area contributed by atoms with Crippen molar-refractivity contribution < 1.29 is 0 Å². The van der Waals surface area contributed by atoms with Crippen LogP contribution in [0.25, 0.3) is 0 Å². The Balaban J connectivity index is 2.05. The van der Waals surface area contributed by atoms with Crippen LogP contribution in [-0.2, 0) is 7.05 Å². The Bertz CT molecular complexity index is 461. The fraction of sp³-hybridized carbons (Fsp3) is 0.357. The predicted molar refractivity (Wildman–Crippen MR) is 69.6 cm³/mol. The summed E-state index contributed by atoms with van der Waals surface area (Å²) in [6, 6.07) is 13.2. The second-order valence-corrected chi connectivity index (χ2v) is 4.40. The molecule has 17 heavy (non-hydrogen) atoms. The number of aromatic nitrogens is 2. The maximum Gasteiger partial charge on any atom is 0.0547 e. The Morgan fingerprint density at radius 2 is 1.76 bits per heavy atom. The lowest BCUT2D eigenvalue weighted by Gasteiger charge is -2.20. The highest BCUT2D eigenvalue weighted by atomic mass is 15.3. The monoisotopic (exact) mass is 229 g/mol. The van der Waals surface area contributed by atoms with E-state index in [2.05, 4.69) is 54.6 Å². The van der Waals surface area contributed by atoms with Crippen LogP contribution in [0.3, 0.4) is 0 Å². The highest BCUT2D eigenvalue weighted by molar-refractivity contribution is 5.19. The molecule has 1 aromatic carbocycles. The van der Waals surface area contributed by atoms with E-state index < -0.39 is 0 Å². The normalized spacial score (nSPS) is 14.5. The molecule has 3 heteroatoms. The van der Waals surface area contributed by atoms with Crippen LogP contribution < -0.4 is 5.32 Å². The highest BCUT2D eigenvalue weighted by Gasteiger charge is 2.13. The Hall–Kier alpha value is -1.61. The third-order valence-electron chi connectivity index (χ3n) is 3.10. The number of nitrogens with one attached hydrogen (secondary N) is 1. The van der Waals surface area contributed by atoms with Gasteiger partial charge in [0.1, 0.15) is 0 Å². The Morgan fingerprint density at radius 3 is 2.35 bits per heavy atom. The van der Waals surface area contributed by atoms with Crippen molar-refractivity contribution in [2.75, 3.05) is 0 Å².